The van der Waals surface area contributed by atoms with Crippen molar-refractivity contribution in [1.29, 1.82) is 5.26 Å². The third kappa shape index (κ3) is 4.63. The van der Waals surface area contributed by atoms with Gasteiger partial charge >= 0.3 is 0 Å². The molecule has 0 bridgehead atoms. The molecule has 0 aromatic heterocycles. The van der Waals surface area contributed by atoms with Crippen molar-refractivity contribution >= 4 is 10.0 Å². The van der Waals surface area contributed by atoms with Gasteiger partial charge in [-0.15, -0.1) is 0 Å². The van der Waals surface area contributed by atoms with Crippen molar-refractivity contribution in [2.45, 2.75) is 68.3 Å². The van der Waals surface area contributed by atoms with Crippen LogP contribution in [-0.4, -0.2) is 112 Å². The van der Waals surface area contributed by atoms with Gasteiger partial charge in [-0.3, -0.25) is 15.8 Å². The van der Waals surface area contributed by atoms with Crippen LogP contribution in [0, 0.1) is 22.7 Å². The van der Waals surface area contributed by atoms with Gasteiger partial charge in [-0.1, -0.05) is 0 Å². The second-order valence-corrected chi connectivity index (χ2v) is 13.1. The van der Waals surface area contributed by atoms with Crippen molar-refractivity contribution in [2.24, 2.45) is 11.3 Å². The van der Waals surface area contributed by atoms with E-state index in [0.717, 1.165) is 51.9 Å². The van der Waals surface area contributed by atoms with Gasteiger partial charge in [0.25, 0.3) is 0 Å². The first-order valence-corrected chi connectivity index (χ1v) is 14.2. The van der Waals surface area contributed by atoms with E-state index in [1.165, 1.54) is 0 Å². The number of methoxy groups -OCH3 is 1. The second kappa shape index (κ2) is 9.53. The molecule has 0 aromatic carbocycles. The van der Waals surface area contributed by atoms with E-state index in [1.54, 1.807) is 7.11 Å². The Labute approximate surface area is 203 Å². The minimum Gasteiger partial charge on any atom is -0.380 e. The number of hydrogen-bond acceptors (Lipinski definition) is 10. The lowest BCUT2D eigenvalue weighted by Gasteiger charge is -2.50. The molecule has 0 radical (unpaired) electrons. The van der Waals surface area contributed by atoms with Crippen LogP contribution in [0.3, 0.4) is 0 Å². The minimum absolute atomic E-state index is 0.0869. The number of nitriles is 1. The summed E-state index contributed by atoms with van der Waals surface area (Å²) in [6.45, 7) is 6.29. The predicted octanol–water partition coefficient (Wildman–Crippen LogP) is -1.37. The second-order valence-electron chi connectivity index (χ2n) is 11.1. The zero-order valence-corrected chi connectivity index (χ0v) is 21.4. The molecule has 5 fully saturated rings. The van der Waals surface area contributed by atoms with Crippen LogP contribution in [0.1, 0.15) is 32.6 Å². The molecule has 5 rings (SSSR count). The van der Waals surface area contributed by atoms with Crippen molar-refractivity contribution in [1.82, 2.24) is 35.8 Å². The normalized spacial score (nSPS) is 41.6. The number of rotatable bonds is 6. The van der Waals surface area contributed by atoms with E-state index < -0.39 is 15.3 Å². The first-order valence-electron chi connectivity index (χ1n) is 12.6. The number of sulfonamides is 1. The smallest absolute Gasteiger partial charge is 0.217 e. The fourth-order valence-electron chi connectivity index (χ4n) is 6.72. The van der Waals surface area contributed by atoms with Crippen LogP contribution in [0.2, 0.25) is 0 Å². The van der Waals surface area contributed by atoms with Gasteiger partial charge in [0.2, 0.25) is 10.0 Å². The number of nitrogens with zero attached hydrogens (tertiary/aromatic N) is 4. The SMILES string of the molecule is COC1CCC2CNN(C)C2C1NS(=O)(=O)C1CNN(C2CC(N3CC(C)(C#N)C3)CCN2)C1. The van der Waals surface area contributed by atoms with Crippen molar-refractivity contribution < 1.29 is 13.2 Å². The monoisotopic (exact) mass is 496 g/mol. The van der Waals surface area contributed by atoms with Crippen LogP contribution >= 0.6 is 0 Å². The average Bonchev–Trinajstić information content (AvgIpc) is 3.45. The van der Waals surface area contributed by atoms with Gasteiger partial charge in [0.1, 0.15) is 5.25 Å². The third-order valence-corrected chi connectivity index (χ3v) is 10.5. The van der Waals surface area contributed by atoms with Crippen molar-refractivity contribution in [3.05, 3.63) is 0 Å². The fraction of sp³-hybridized carbons (Fsp3) is 0.955. The van der Waals surface area contributed by atoms with Gasteiger partial charge in [-0.25, -0.2) is 23.2 Å². The van der Waals surface area contributed by atoms with Gasteiger partial charge in [0.15, 0.2) is 0 Å². The molecule has 7 atom stereocenters. The molecule has 12 heteroatoms. The first-order chi connectivity index (χ1) is 16.2. The van der Waals surface area contributed by atoms with Crippen LogP contribution < -0.4 is 20.9 Å². The molecular weight excluding hydrogens is 456 g/mol. The average molecular weight is 497 g/mol. The summed E-state index contributed by atoms with van der Waals surface area (Å²) >= 11 is 0. The van der Waals surface area contributed by atoms with E-state index in [2.05, 4.69) is 41.9 Å². The van der Waals surface area contributed by atoms with Crippen LogP contribution in [0.25, 0.3) is 0 Å². The van der Waals surface area contributed by atoms with Gasteiger partial charge in [-0.2, -0.15) is 5.26 Å². The van der Waals surface area contributed by atoms with Crippen LogP contribution in [-0.2, 0) is 14.8 Å². The van der Waals surface area contributed by atoms with E-state index in [-0.39, 0.29) is 29.8 Å². The highest BCUT2D eigenvalue weighted by molar-refractivity contribution is 7.90. The number of likely N-dealkylation sites (N-methyl/N-ethyl adjacent to an activating group) is 1. The molecule has 4 N–H and O–H groups in total. The predicted molar refractivity (Wildman–Crippen MR) is 128 cm³/mol. The highest BCUT2D eigenvalue weighted by Gasteiger charge is 2.49. The van der Waals surface area contributed by atoms with Gasteiger partial charge in [0.05, 0.1) is 29.8 Å². The maximum atomic E-state index is 13.5. The van der Waals surface area contributed by atoms with Gasteiger partial charge in [0, 0.05) is 59.0 Å². The van der Waals surface area contributed by atoms with E-state index in [9.17, 15) is 13.7 Å². The molecule has 1 saturated carbocycles. The quantitative estimate of drug-likeness (QED) is 0.350. The van der Waals surface area contributed by atoms with Crippen molar-refractivity contribution in [3.8, 4) is 6.07 Å². The molecular formula is C22H40N8O3S. The summed E-state index contributed by atoms with van der Waals surface area (Å²) in [5.74, 6) is 0.426. The molecule has 5 aliphatic rings. The molecule has 1 aliphatic carbocycles. The lowest BCUT2D eigenvalue weighted by Crippen LogP contribution is -2.63. The molecule has 4 heterocycles. The Morgan fingerprint density at radius 2 is 1.97 bits per heavy atom. The Balaban J connectivity index is 1.20. The van der Waals surface area contributed by atoms with E-state index in [0.29, 0.717) is 25.0 Å². The molecule has 4 aliphatic heterocycles. The zero-order chi connectivity index (χ0) is 24.1. The standard InChI is InChI=1S/C22H40N8O3S/c1-22(12-23)13-29(14-22)16-6-7-24-19(8-16)30-11-17(10-26-30)34(31,32)27-20-18(33-3)5-4-15-9-25-28(2)21(15)20/h15-21,24-27H,4-11,13-14H2,1-3H3. The summed E-state index contributed by atoms with van der Waals surface area (Å²) in [5.41, 5.74) is 6.49. The summed E-state index contributed by atoms with van der Waals surface area (Å²) in [6.07, 6.45) is 3.84. The van der Waals surface area contributed by atoms with Gasteiger partial charge in [-0.05, 0) is 45.1 Å². The summed E-state index contributed by atoms with van der Waals surface area (Å²) in [6, 6.07) is 2.68. The Morgan fingerprint density at radius 3 is 2.71 bits per heavy atom. The molecule has 7 unspecified atom stereocenters. The fourth-order valence-corrected chi connectivity index (χ4v) is 8.23. The topological polar surface area (TPSA) is 125 Å². The maximum absolute atomic E-state index is 13.5. The Hall–Kier alpha value is -0.880. The number of hydrazine groups is 2. The van der Waals surface area contributed by atoms with E-state index >= 15 is 0 Å². The molecule has 4 saturated heterocycles. The number of hydrogen-bond donors (Lipinski definition) is 4. The highest BCUT2D eigenvalue weighted by atomic mass is 32.2. The van der Waals surface area contributed by atoms with Crippen molar-refractivity contribution in [2.75, 3.05) is 53.4 Å². The summed E-state index contributed by atoms with van der Waals surface area (Å²) in [7, 11) is 0.127. The highest BCUT2D eigenvalue weighted by Crippen LogP contribution is 2.35. The largest absolute Gasteiger partial charge is 0.380 e. The summed E-state index contributed by atoms with van der Waals surface area (Å²) in [5, 5.41) is 16.5. The zero-order valence-electron chi connectivity index (χ0n) is 20.5. The molecule has 34 heavy (non-hydrogen) atoms. The molecule has 0 spiro atoms. The lowest BCUT2D eigenvalue weighted by atomic mass is 9.80. The third-order valence-electron chi connectivity index (χ3n) is 8.71. The summed E-state index contributed by atoms with van der Waals surface area (Å²) < 4.78 is 35.8. The van der Waals surface area contributed by atoms with E-state index in [4.69, 9.17) is 4.74 Å². The Kier molecular flexibility index (Phi) is 6.95. The number of piperidine rings is 1. The number of nitrogens with one attached hydrogen (secondary N) is 4. The van der Waals surface area contributed by atoms with Crippen LogP contribution in [0.4, 0.5) is 0 Å². The summed E-state index contributed by atoms with van der Waals surface area (Å²) in [4.78, 5) is 2.40. The number of ether oxygens (including phenoxy) is 1. The molecule has 11 nitrogen and oxygen atoms in total. The molecule has 0 aromatic rings. The van der Waals surface area contributed by atoms with Crippen LogP contribution in [0.5, 0.6) is 0 Å². The minimum atomic E-state index is -3.54. The van der Waals surface area contributed by atoms with Crippen LogP contribution in [0.15, 0.2) is 0 Å². The molecule has 192 valence electrons. The van der Waals surface area contributed by atoms with Crippen molar-refractivity contribution in [3.63, 3.8) is 0 Å². The number of likely N-dealkylation sites (tertiary alicyclic amines) is 1. The molecule has 0 amide bonds. The maximum Gasteiger partial charge on any atom is 0.217 e. The van der Waals surface area contributed by atoms with E-state index in [1.807, 2.05) is 14.0 Å². The Morgan fingerprint density at radius 1 is 1.18 bits per heavy atom. The Bertz CT molecular complexity index is 891. The first kappa shape index (κ1) is 24.8. The lowest BCUT2D eigenvalue weighted by molar-refractivity contribution is -0.0180. The number of fused-ring (bicyclic) bond motifs is 1. The van der Waals surface area contributed by atoms with Gasteiger partial charge < -0.3 is 10.1 Å².